The summed E-state index contributed by atoms with van der Waals surface area (Å²) in [7, 11) is 1.36. The fourth-order valence-corrected chi connectivity index (χ4v) is 3.80. The molecule has 2 heterocycles. The van der Waals surface area contributed by atoms with Gasteiger partial charge in [-0.15, -0.1) is 0 Å². The highest BCUT2D eigenvalue weighted by molar-refractivity contribution is 6.29. The molecule has 1 aromatic heterocycles. The predicted molar refractivity (Wildman–Crippen MR) is 76.1 cm³/mol. The van der Waals surface area contributed by atoms with Gasteiger partial charge in [0, 0.05) is 6.04 Å². The van der Waals surface area contributed by atoms with E-state index in [1.165, 1.54) is 13.2 Å². The molecular weight excluding hydrogens is 294 g/mol. The maximum Gasteiger partial charge on any atom is 0.328 e. The normalized spacial score (nSPS) is 28.3. The molecular formula is C15H18ClNO4. The molecule has 0 radical (unpaired) electrons. The average molecular weight is 312 g/mol. The van der Waals surface area contributed by atoms with E-state index in [2.05, 4.69) is 0 Å². The summed E-state index contributed by atoms with van der Waals surface area (Å²) in [5.41, 5.74) is 0. The number of hydrogen-bond donors (Lipinski definition) is 0. The van der Waals surface area contributed by atoms with E-state index < -0.39 is 6.04 Å². The van der Waals surface area contributed by atoms with E-state index in [1.807, 2.05) is 0 Å². The minimum absolute atomic E-state index is 0.0965. The monoisotopic (exact) mass is 311 g/mol. The van der Waals surface area contributed by atoms with Gasteiger partial charge in [0.1, 0.15) is 6.04 Å². The standard InChI is InChI=1S/C15H18ClNO4/c1-20-15(19)11-8-9-4-2-3-5-10(9)17(11)14(18)12-6-7-13(16)21-12/h6-7,9-11H,2-5,8H2,1H3/t9-,10+,11+/m1/s1. The molecule has 0 aromatic carbocycles. The van der Waals surface area contributed by atoms with E-state index in [4.69, 9.17) is 20.8 Å². The van der Waals surface area contributed by atoms with Crippen molar-refractivity contribution >= 4 is 23.5 Å². The van der Waals surface area contributed by atoms with Gasteiger partial charge in [-0.2, -0.15) is 0 Å². The second kappa shape index (κ2) is 5.72. The third-order valence-electron chi connectivity index (χ3n) is 4.58. The van der Waals surface area contributed by atoms with Gasteiger partial charge in [0.05, 0.1) is 7.11 Å². The number of furan rings is 1. The van der Waals surface area contributed by atoms with Crippen molar-refractivity contribution in [3.63, 3.8) is 0 Å². The number of fused-ring (bicyclic) bond motifs is 1. The summed E-state index contributed by atoms with van der Waals surface area (Å²) >= 11 is 5.75. The van der Waals surface area contributed by atoms with Gasteiger partial charge < -0.3 is 14.1 Å². The minimum atomic E-state index is -0.514. The van der Waals surface area contributed by atoms with Crippen LogP contribution in [0, 0.1) is 5.92 Å². The SMILES string of the molecule is COC(=O)[C@@H]1C[C@H]2CCCC[C@@H]2N1C(=O)c1ccc(Cl)o1. The van der Waals surface area contributed by atoms with Crippen molar-refractivity contribution in [2.24, 2.45) is 5.92 Å². The van der Waals surface area contributed by atoms with Gasteiger partial charge in [0.2, 0.25) is 0 Å². The lowest BCUT2D eigenvalue weighted by atomic mass is 9.84. The van der Waals surface area contributed by atoms with Crippen LogP contribution in [0.3, 0.4) is 0 Å². The zero-order valence-electron chi connectivity index (χ0n) is 11.9. The largest absolute Gasteiger partial charge is 0.467 e. The average Bonchev–Trinajstić information content (AvgIpc) is 3.09. The van der Waals surface area contributed by atoms with Gasteiger partial charge >= 0.3 is 5.97 Å². The molecule has 2 aliphatic rings. The van der Waals surface area contributed by atoms with Crippen molar-refractivity contribution in [1.82, 2.24) is 4.90 Å². The maximum atomic E-state index is 12.7. The first-order valence-electron chi connectivity index (χ1n) is 7.27. The summed E-state index contributed by atoms with van der Waals surface area (Å²) in [5.74, 6) is -0.0699. The smallest absolute Gasteiger partial charge is 0.328 e. The lowest BCUT2D eigenvalue weighted by Crippen LogP contribution is -2.46. The molecule has 2 fully saturated rings. The van der Waals surface area contributed by atoms with Crippen LogP contribution >= 0.6 is 11.6 Å². The van der Waals surface area contributed by atoms with Gasteiger partial charge in [0.25, 0.3) is 5.91 Å². The van der Waals surface area contributed by atoms with Crippen molar-refractivity contribution in [2.75, 3.05) is 7.11 Å². The number of ether oxygens (including phenoxy) is 1. The molecule has 3 rings (SSSR count). The molecule has 1 saturated heterocycles. The topological polar surface area (TPSA) is 59.8 Å². The van der Waals surface area contributed by atoms with E-state index in [9.17, 15) is 9.59 Å². The molecule has 0 unspecified atom stereocenters. The summed E-state index contributed by atoms with van der Waals surface area (Å²) in [5, 5.41) is 0.173. The fourth-order valence-electron chi connectivity index (χ4n) is 3.66. The molecule has 5 nitrogen and oxygen atoms in total. The van der Waals surface area contributed by atoms with Crippen LogP contribution in [0.4, 0.5) is 0 Å². The Morgan fingerprint density at radius 2 is 2.10 bits per heavy atom. The highest BCUT2D eigenvalue weighted by atomic mass is 35.5. The molecule has 1 amide bonds. The summed E-state index contributed by atoms with van der Waals surface area (Å²) < 4.78 is 10.1. The Balaban J connectivity index is 1.90. The zero-order valence-corrected chi connectivity index (χ0v) is 12.6. The van der Waals surface area contributed by atoms with Gasteiger partial charge in [-0.25, -0.2) is 4.79 Å². The van der Waals surface area contributed by atoms with E-state index >= 15 is 0 Å². The maximum absolute atomic E-state index is 12.7. The highest BCUT2D eigenvalue weighted by Crippen LogP contribution is 2.41. The Hall–Kier alpha value is -1.49. The second-order valence-corrected chi connectivity index (χ2v) is 6.08. The Labute approximate surface area is 128 Å². The number of likely N-dealkylation sites (tertiary alicyclic amines) is 1. The van der Waals surface area contributed by atoms with Gasteiger partial charge in [-0.1, -0.05) is 12.8 Å². The lowest BCUT2D eigenvalue weighted by Gasteiger charge is -2.32. The summed E-state index contributed by atoms with van der Waals surface area (Å²) in [6.07, 6.45) is 4.90. The summed E-state index contributed by atoms with van der Waals surface area (Å²) in [6, 6.07) is 2.67. The van der Waals surface area contributed by atoms with E-state index in [0.717, 1.165) is 25.7 Å². The Morgan fingerprint density at radius 1 is 1.33 bits per heavy atom. The van der Waals surface area contributed by atoms with Gasteiger partial charge in [-0.05, 0) is 48.9 Å². The molecule has 6 heteroatoms. The van der Waals surface area contributed by atoms with Crippen LogP contribution in [-0.4, -0.2) is 36.0 Å². The quantitative estimate of drug-likeness (QED) is 0.788. The van der Waals surface area contributed by atoms with Crippen LogP contribution in [-0.2, 0) is 9.53 Å². The number of carbonyl (C=O) groups is 2. The van der Waals surface area contributed by atoms with Gasteiger partial charge in [0.15, 0.2) is 11.0 Å². The number of carbonyl (C=O) groups excluding carboxylic acids is 2. The van der Waals surface area contributed by atoms with E-state index in [1.54, 1.807) is 11.0 Å². The van der Waals surface area contributed by atoms with Crippen molar-refractivity contribution < 1.29 is 18.7 Å². The van der Waals surface area contributed by atoms with Gasteiger partial charge in [-0.3, -0.25) is 4.79 Å². The van der Waals surface area contributed by atoms with Crippen molar-refractivity contribution in [3.05, 3.63) is 23.1 Å². The van der Waals surface area contributed by atoms with Crippen LogP contribution in [0.5, 0.6) is 0 Å². The summed E-state index contributed by atoms with van der Waals surface area (Å²) in [4.78, 5) is 26.4. The molecule has 0 spiro atoms. The Kier molecular flexibility index (Phi) is 3.93. The summed E-state index contributed by atoms with van der Waals surface area (Å²) in [6.45, 7) is 0. The van der Waals surface area contributed by atoms with Crippen LogP contribution in [0.2, 0.25) is 5.22 Å². The molecule has 1 aromatic rings. The van der Waals surface area contributed by atoms with Crippen molar-refractivity contribution in [3.8, 4) is 0 Å². The molecule has 0 N–H and O–H groups in total. The molecule has 1 saturated carbocycles. The van der Waals surface area contributed by atoms with Crippen LogP contribution in [0.15, 0.2) is 16.5 Å². The minimum Gasteiger partial charge on any atom is -0.467 e. The third kappa shape index (κ3) is 2.55. The molecule has 0 bridgehead atoms. The first kappa shape index (κ1) is 14.4. The molecule has 3 atom stereocenters. The van der Waals surface area contributed by atoms with Crippen LogP contribution in [0.1, 0.15) is 42.7 Å². The highest BCUT2D eigenvalue weighted by Gasteiger charge is 2.48. The number of methoxy groups -OCH3 is 1. The predicted octanol–water partition coefficient (Wildman–Crippen LogP) is 2.88. The third-order valence-corrected chi connectivity index (χ3v) is 4.78. The Morgan fingerprint density at radius 3 is 2.76 bits per heavy atom. The first-order valence-corrected chi connectivity index (χ1v) is 7.65. The number of rotatable bonds is 2. The van der Waals surface area contributed by atoms with E-state index in [-0.39, 0.29) is 28.9 Å². The number of halogens is 1. The number of esters is 1. The molecule has 1 aliphatic heterocycles. The first-order chi connectivity index (χ1) is 10.1. The number of nitrogens with zero attached hydrogens (tertiary/aromatic N) is 1. The Bertz CT molecular complexity index is 556. The van der Waals surface area contributed by atoms with Crippen molar-refractivity contribution in [1.29, 1.82) is 0 Å². The lowest BCUT2D eigenvalue weighted by molar-refractivity contribution is -0.145. The second-order valence-electron chi connectivity index (χ2n) is 5.70. The number of amides is 1. The zero-order chi connectivity index (χ0) is 15.0. The molecule has 21 heavy (non-hydrogen) atoms. The molecule has 1 aliphatic carbocycles. The number of hydrogen-bond acceptors (Lipinski definition) is 4. The molecule has 114 valence electrons. The fraction of sp³-hybridized carbons (Fsp3) is 0.600. The van der Waals surface area contributed by atoms with E-state index in [0.29, 0.717) is 12.3 Å². The van der Waals surface area contributed by atoms with Crippen molar-refractivity contribution in [2.45, 2.75) is 44.2 Å². The van der Waals surface area contributed by atoms with Crippen LogP contribution in [0.25, 0.3) is 0 Å². The van der Waals surface area contributed by atoms with Crippen LogP contribution < -0.4 is 0 Å².